The second kappa shape index (κ2) is 6.86. The molecule has 7 heteroatoms. The summed E-state index contributed by atoms with van der Waals surface area (Å²) in [6.07, 6.45) is 0. The maximum Gasteiger partial charge on any atom is 0.320 e. The first-order valence-electron chi connectivity index (χ1n) is 7.38. The minimum absolute atomic E-state index is 0.0861. The lowest BCUT2D eigenvalue weighted by atomic mass is 10.1. The quantitative estimate of drug-likeness (QED) is 0.662. The maximum absolute atomic E-state index is 12.0. The molecule has 0 aliphatic heterocycles. The number of aromatic nitrogens is 1. The highest BCUT2D eigenvalue weighted by molar-refractivity contribution is 7.10. The summed E-state index contributed by atoms with van der Waals surface area (Å²) in [5.74, 6) is 0.874. The summed E-state index contributed by atoms with van der Waals surface area (Å²) < 4.78 is 5.22. The first-order chi connectivity index (χ1) is 11.5. The molecule has 2 amide bonds. The van der Waals surface area contributed by atoms with E-state index in [-0.39, 0.29) is 6.54 Å². The number of anilines is 1. The van der Waals surface area contributed by atoms with Crippen molar-refractivity contribution < 1.29 is 14.4 Å². The van der Waals surface area contributed by atoms with Crippen LogP contribution in [0.15, 0.2) is 58.4 Å². The molecule has 0 fully saturated rings. The van der Waals surface area contributed by atoms with Crippen molar-refractivity contribution in [1.29, 1.82) is 0 Å². The molecule has 2 heterocycles. The summed E-state index contributed by atoms with van der Waals surface area (Å²) in [4.78, 5) is 12.8. The fourth-order valence-electron chi connectivity index (χ4n) is 2.16. The van der Waals surface area contributed by atoms with Crippen molar-refractivity contribution in [1.82, 2.24) is 10.5 Å². The zero-order valence-electron chi connectivity index (χ0n) is 13.0. The highest BCUT2D eigenvalue weighted by atomic mass is 32.1. The molecule has 1 unspecified atom stereocenters. The standard InChI is InChI=1S/C17H17N3O3S/c1-17(22,14-8-5-9-24-14)11-18-16(21)19-15-10-13(23-20-15)12-6-3-2-4-7-12/h2-10,22H,11H2,1H3,(H2,18,19,20,21). The zero-order chi connectivity index (χ0) is 17.0. The Morgan fingerprint density at radius 3 is 2.79 bits per heavy atom. The third kappa shape index (κ3) is 3.81. The Balaban J connectivity index is 1.57. The summed E-state index contributed by atoms with van der Waals surface area (Å²) in [5.41, 5.74) is -0.246. The van der Waals surface area contributed by atoms with Crippen LogP contribution in [0, 0.1) is 0 Å². The number of hydrogen-bond acceptors (Lipinski definition) is 5. The normalized spacial score (nSPS) is 13.2. The van der Waals surface area contributed by atoms with E-state index in [1.807, 2.05) is 47.8 Å². The van der Waals surface area contributed by atoms with Crippen LogP contribution in [0.25, 0.3) is 11.3 Å². The fraction of sp³-hybridized carbons (Fsp3) is 0.176. The van der Waals surface area contributed by atoms with Crippen LogP contribution in [0.2, 0.25) is 0 Å². The van der Waals surface area contributed by atoms with Crippen molar-refractivity contribution in [2.24, 2.45) is 0 Å². The zero-order valence-corrected chi connectivity index (χ0v) is 13.8. The number of nitrogens with one attached hydrogen (secondary N) is 2. The van der Waals surface area contributed by atoms with Gasteiger partial charge >= 0.3 is 6.03 Å². The first-order valence-corrected chi connectivity index (χ1v) is 8.26. The lowest BCUT2D eigenvalue weighted by Gasteiger charge is -2.22. The summed E-state index contributed by atoms with van der Waals surface area (Å²) in [5, 5.41) is 21.3. The smallest absolute Gasteiger partial charge is 0.320 e. The molecule has 0 aliphatic rings. The van der Waals surface area contributed by atoms with E-state index in [4.69, 9.17) is 4.52 Å². The Morgan fingerprint density at radius 1 is 1.29 bits per heavy atom. The van der Waals surface area contributed by atoms with Crippen LogP contribution >= 0.6 is 11.3 Å². The Bertz CT molecular complexity index is 798. The predicted octanol–water partition coefficient (Wildman–Crippen LogP) is 3.43. The van der Waals surface area contributed by atoms with Gasteiger partial charge in [0.15, 0.2) is 11.6 Å². The molecule has 124 valence electrons. The average molecular weight is 343 g/mol. The molecule has 0 spiro atoms. The Hall–Kier alpha value is -2.64. The minimum Gasteiger partial charge on any atom is -0.383 e. The van der Waals surface area contributed by atoms with Crippen LogP contribution in [-0.4, -0.2) is 22.8 Å². The van der Waals surface area contributed by atoms with Crippen LogP contribution in [0.5, 0.6) is 0 Å². The van der Waals surface area contributed by atoms with Gasteiger partial charge in [0.2, 0.25) is 0 Å². The van der Waals surface area contributed by atoms with Crippen molar-refractivity contribution >= 4 is 23.2 Å². The number of rotatable bonds is 5. The third-order valence-corrected chi connectivity index (χ3v) is 4.58. The monoisotopic (exact) mass is 343 g/mol. The van der Waals surface area contributed by atoms with Gasteiger partial charge < -0.3 is 14.9 Å². The Labute approximate surface area is 143 Å². The molecular weight excluding hydrogens is 326 g/mol. The van der Waals surface area contributed by atoms with Crippen molar-refractivity contribution in [3.8, 4) is 11.3 Å². The minimum atomic E-state index is -1.12. The number of carbonyl (C=O) groups excluding carboxylic acids is 1. The SMILES string of the molecule is CC(O)(CNC(=O)Nc1cc(-c2ccccc2)on1)c1cccs1. The number of nitrogens with zero attached hydrogens (tertiary/aromatic N) is 1. The van der Waals surface area contributed by atoms with E-state index in [0.717, 1.165) is 10.4 Å². The molecule has 0 bridgehead atoms. The van der Waals surface area contributed by atoms with Crippen LogP contribution in [0.1, 0.15) is 11.8 Å². The molecule has 2 aromatic heterocycles. The number of thiophene rings is 1. The molecule has 0 radical (unpaired) electrons. The fourth-order valence-corrected chi connectivity index (χ4v) is 2.94. The molecule has 0 saturated heterocycles. The topological polar surface area (TPSA) is 87.4 Å². The molecule has 3 N–H and O–H groups in total. The number of carbonyl (C=O) groups is 1. The molecule has 24 heavy (non-hydrogen) atoms. The van der Waals surface area contributed by atoms with E-state index in [2.05, 4.69) is 15.8 Å². The van der Waals surface area contributed by atoms with Gasteiger partial charge in [0, 0.05) is 16.5 Å². The van der Waals surface area contributed by atoms with Crippen molar-refractivity contribution in [2.45, 2.75) is 12.5 Å². The number of aliphatic hydroxyl groups is 1. The molecule has 3 rings (SSSR count). The van der Waals surface area contributed by atoms with Gasteiger partial charge in [0.25, 0.3) is 0 Å². The molecule has 0 aliphatic carbocycles. The molecule has 3 aromatic rings. The Morgan fingerprint density at radius 2 is 2.08 bits per heavy atom. The van der Waals surface area contributed by atoms with Gasteiger partial charge in [-0.2, -0.15) is 0 Å². The molecule has 6 nitrogen and oxygen atoms in total. The first kappa shape index (κ1) is 16.2. The van der Waals surface area contributed by atoms with Gasteiger partial charge in [-0.05, 0) is 18.4 Å². The highest BCUT2D eigenvalue weighted by Gasteiger charge is 2.25. The van der Waals surface area contributed by atoms with Crippen molar-refractivity contribution in [2.75, 3.05) is 11.9 Å². The van der Waals surface area contributed by atoms with E-state index >= 15 is 0 Å². The van der Waals surface area contributed by atoms with Gasteiger partial charge in [-0.3, -0.25) is 5.32 Å². The number of urea groups is 1. The van der Waals surface area contributed by atoms with E-state index in [9.17, 15) is 9.90 Å². The van der Waals surface area contributed by atoms with Gasteiger partial charge in [-0.1, -0.05) is 41.6 Å². The molecule has 0 saturated carbocycles. The van der Waals surface area contributed by atoms with Gasteiger partial charge in [-0.15, -0.1) is 11.3 Å². The summed E-state index contributed by atoms with van der Waals surface area (Å²) in [6.45, 7) is 1.74. The number of hydrogen-bond donors (Lipinski definition) is 3. The predicted molar refractivity (Wildman–Crippen MR) is 92.9 cm³/mol. The molecule has 1 aromatic carbocycles. The van der Waals surface area contributed by atoms with E-state index in [0.29, 0.717) is 11.6 Å². The summed E-state index contributed by atoms with van der Waals surface area (Å²) >= 11 is 1.44. The molecular formula is C17H17N3O3S. The van der Waals surface area contributed by atoms with Crippen LogP contribution in [0.4, 0.5) is 10.6 Å². The second-order valence-electron chi connectivity index (χ2n) is 5.50. The van der Waals surface area contributed by atoms with E-state index in [1.165, 1.54) is 11.3 Å². The third-order valence-electron chi connectivity index (χ3n) is 3.46. The van der Waals surface area contributed by atoms with Crippen molar-refractivity contribution in [3.05, 3.63) is 58.8 Å². The van der Waals surface area contributed by atoms with Crippen molar-refractivity contribution in [3.63, 3.8) is 0 Å². The average Bonchev–Trinajstić information content (AvgIpc) is 3.26. The lowest BCUT2D eigenvalue weighted by Crippen LogP contribution is -2.40. The second-order valence-corrected chi connectivity index (χ2v) is 6.45. The lowest BCUT2D eigenvalue weighted by molar-refractivity contribution is 0.0637. The van der Waals surface area contributed by atoms with E-state index in [1.54, 1.807) is 13.0 Å². The van der Waals surface area contributed by atoms with Crippen LogP contribution in [-0.2, 0) is 5.60 Å². The summed E-state index contributed by atoms with van der Waals surface area (Å²) in [7, 11) is 0. The summed E-state index contributed by atoms with van der Waals surface area (Å²) in [6, 6.07) is 14.3. The number of amides is 2. The largest absolute Gasteiger partial charge is 0.383 e. The van der Waals surface area contributed by atoms with Crippen LogP contribution < -0.4 is 10.6 Å². The van der Waals surface area contributed by atoms with Gasteiger partial charge in [0.1, 0.15) is 5.60 Å². The van der Waals surface area contributed by atoms with Gasteiger partial charge in [-0.25, -0.2) is 4.79 Å². The number of benzene rings is 1. The van der Waals surface area contributed by atoms with Gasteiger partial charge in [0.05, 0.1) is 6.54 Å². The van der Waals surface area contributed by atoms with Crippen LogP contribution in [0.3, 0.4) is 0 Å². The Kier molecular flexibility index (Phi) is 4.64. The van der Waals surface area contributed by atoms with E-state index < -0.39 is 11.6 Å². The maximum atomic E-state index is 12.0. The molecule has 1 atom stereocenters. The highest BCUT2D eigenvalue weighted by Crippen LogP contribution is 2.24.